The van der Waals surface area contributed by atoms with Crippen molar-refractivity contribution in [2.45, 2.75) is 32.3 Å². The maximum Gasteiger partial charge on any atom is 0.126 e. The predicted molar refractivity (Wildman–Crippen MR) is 38.8 cm³/mol. The van der Waals surface area contributed by atoms with E-state index in [9.17, 15) is 4.79 Å². The first-order valence-corrected chi connectivity index (χ1v) is 3.82. The van der Waals surface area contributed by atoms with Crippen LogP contribution in [0.3, 0.4) is 0 Å². The van der Waals surface area contributed by atoms with Crippen molar-refractivity contribution < 1.29 is 9.53 Å². The van der Waals surface area contributed by atoms with Crippen molar-refractivity contribution >= 4 is 6.29 Å². The lowest BCUT2D eigenvalue weighted by molar-refractivity contribution is -0.116. The molecule has 0 aromatic carbocycles. The minimum atomic E-state index is -0.165. The first-order chi connectivity index (χ1) is 4.73. The molecule has 0 aromatic rings. The van der Waals surface area contributed by atoms with E-state index in [0.717, 1.165) is 25.7 Å². The summed E-state index contributed by atoms with van der Waals surface area (Å²) in [4.78, 5) is 10.5. The quantitative estimate of drug-likeness (QED) is 0.544. The van der Waals surface area contributed by atoms with Gasteiger partial charge in [0.25, 0.3) is 0 Å². The summed E-state index contributed by atoms with van der Waals surface area (Å²) >= 11 is 0. The summed E-state index contributed by atoms with van der Waals surface area (Å²) in [6.45, 7) is 4.81. The fourth-order valence-electron chi connectivity index (χ4n) is 1.41. The predicted octanol–water partition coefficient (Wildman–Crippen LogP) is 1.39. The number of carbonyl (C=O) groups is 1. The molecule has 0 radical (unpaired) electrons. The van der Waals surface area contributed by atoms with Gasteiger partial charge < -0.3 is 9.53 Å². The molecule has 2 unspecified atom stereocenters. The second-order valence-electron chi connectivity index (χ2n) is 3.05. The van der Waals surface area contributed by atoms with Crippen molar-refractivity contribution in [3.05, 3.63) is 0 Å². The lowest BCUT2D eigenvalue weighted by Crippen LogP contribution is -2.31. The minimum Gasteiger partial charge on any atom is -0.375 e. The number of aldehydes is 1. The lowest BCUT2D eigenvalue weighted by atomic mass is 9.88. The van der Waals surface area contributed by atoms with E-state index >= 15 is 0 Å². The van der Waals surface area contributed by atoms with E-state index in [0.29, 0.717) is 0 Å². The Hall–Kier alpha value is -0.370. The molecule has 2 nitrogen and oxygen atoms in total. The van der Waals surface area contributed by atoms with Gasteiger partial charge in [-0.25, -0.2) is 0 Å². The lowest BCUT2D eigenvalue weighted by Gasteiger charge is -2.24. The Labute approximate surface area is 61.6 Å². The average Bonchev–Trinajstić information content (AvgIpc) is 2.32. The largest absolute Gasteiger partial charge is 0.375 e. The summed E-state index contributed by atoms with van der Waals surface area (Å²) in [6, 6.07) is 0. The van der Waals surface area contributed by atoms with Gasteiger partial charge in [-0.15, -0.1) is 0 Å². The van der Waals surface area contributed by atoms with Crippen LogP contribution in [0.4, 0.5) is 0 Å². The molecular weight excluding hydrogens is 128 g/mol. The van der Waals surface area contributed by atoms with Gasteiger partial charge in [-0.05, 0) is 19.8 Å². The van der Waals surface area contributed by atoms with Crippen LogP contribution in [0.15, 0.2) is 0 Å². The average molecular weight is 142 g/mol. The topological polar surface area (TPSA) is 26.3 Å². The van der Waals surface area contributed by atoms with Crippen LogP contribution in [0.5, 0.6) is 0 Å². The molecule has 0 bridgehead atoms. The van der Waals surface area contributed by atoms with Crippen molar-refractivity contribution in [1.82, 2.24) is 0 Å². The summed E-state index contributed by atoms with van der Waals surface area (Å²) in [5, 5.41) is 0. The van der Waals surface area contributed by atoms with Crippen molar-refractivity contribution in [3.8, 4) is 0 Å². The van der Waals surface area contributed by atoms with Gasteiger partial charge >= 0.3 is 0 Å². The van der Waals surface area contributed by atoms with E-state index in [1.807, 2.05) is 6.92 Å². The van der Waals surface area contributed by atoms with Crippen molar-refractivity contribution in [2.75, 3.05) is 6.61 Å². The van der Waals surface area contributed by atoms with Gasteiger partial charge in [0.2, 0.25) is 0 Å². The van der Waals surface area contributed by atoms with Gasteiger partial charge in [0.1, 0.15) is 6.29 Å². The Kier molecular flexibility index (Phi) is 2.09. The monoisotopic (exact) mass is 142 g/mol. The van der Waals surface area contributed by atoms with Crippen LogP contribution in [0, 0.1) is 5.92 Å². The molecule has 1 heterocycles. The van der Waals surface area contributed by atoms with E-state index in [1.165, 1.54) is 0 Å². The Morgan fingerprint density at radius 1 is 1.80 bits per heavy atom. The van der Waals surface area contributed by atoms with Crippen LogP contribution in [0.2, 0.25) is 0 Å². The highest BCUT2D eigenvalue weighted by molar-refractivity contribution is 5.56. The number of hydrogen-bond donors (Lipinski definition) is 0. The van der Waals surface area contributed by atoms with Gasteiger partial charge in [0.05, 0.1) is 5.60 Å². The number of rotatable bonds is 2. The molecular formula is C8H14O2. The van der Waals surface area contributed by atoms with E-state index in [1.54, 1.807) is 0 Å². The molecule has 0 amide bonds. The molecule has 0 aromatic heterocycles. The highest BCUT2D eigenvalue weighted by Gasteiger charge is 2.37. The summed E-state index contributed by atoms with van der Waals surface area (Å²) < 4.78 is 5.46. The normalized spacial score (nSPS) is 40.0. The third kappa shape index (κ3) is 1.08. The molecule has 0 aliphatic carbocycles. The second-order valence-corrected chi connectivity index (χ2v) is 3.05. The maximum atomic E-state index is 10.5. The molecule has 2 heteroatoms. The number of ether oxygens (including phenoxy) is 1. The first-order valence-electron chi connectivity index (χ1n) is 3.82. The van der Waals surface area contributed by atoms with Crippen LogP contribution in [0.1, 0.15) is 26.7 Å². The fraction of sp³-hybridized carbons (Fsp3) is 0.875. The van der Waals surface area contributed by atoms with E-state index < -0.39 is 0 Å². The van der Waals surface area contributed by atoms with Crippen LogP contribution < -0.4 is 0 Å². The van der Waals surface area contributed by atoms with Crippen molar-refractivity contribution in [3.63, 3.8) is 0 Å². The standard InChI is InChI=1S/C8H14O2/c1-3-8(2)7(6-9)4-5-10-8/h6-7H,3-5H2,1-2H3. The highest BCUT2D eigenvalue weighted by atomic mass is 16.5. The summed E-state index contributed by atoms with van der Waals surface area (Å²) in [5.41, 5.74) is -0.165. The molecule has 1 rings (SSSR count). The third-order valence-corrected chi connectivity index (χ3v) is 2.51. The van der Waals surface area contributed by atoms with Crippen LogP contribution in [-0.4, -0.2) is 18.5 Å². The second kappa shape index (κ2) is 2.70. The van der Waals surface area contributed by atoms with E-state index in [2.05, 4.69) is 6.92 Å². The SMILES string of the molecule is CCC1(C)OCCC1C=O. The van der Waals surface area contributed by atoms with Crippen LogP contribution in [0.25, 0.3) is 0 Å². The molecule has 0 spiro atoms. The van der Waals surface area contributed by atoms with E-state index in [-0.39, 0.29) is 11.5 Å². The molecule has 1 saturated heterocycles. The summed E-state index contributed by atoms with van der Waals surface area (Å²) in [5.74, 6) is 0.123. The maximum absolute atomic E-state index is 10.5. The molecule has 1 aliphatic rings. The Morgan fingerprint density at radius 3 is 2.90 bits per heavy atom. The van der Waals surface area contributed by atoms with Gasteiger partial charge in [-0.1, -0.05) is 6.92 Å². The van der Waals surface area contributed by atoms with Gasteiger partial charge in [0.15, 0.2) is 0 Å². The van der Waals surface area contributed by atoms with E-state index in [4.69, 9.17) is 4.74 Å². The van der Waals surface area contributed by atoms with Crippen molar-refractivity contribution in [1.29, 1.82) is 0 Å². The Balaban J connectivity index is 2.64. The molecule has 58 valence electrons. The third-order valence-electron chi connectivity index (χ3n) is 2.51. The molecule has 2 atom stereocenters. The minimum absolute atomic E-state index is 0.123. The van der Waals surface area contributed by atoms with Gasteiger partial charge in [0, 0.05) is 12.5 Å². The number of hydrogen-bond acceptors (Lipinski definition) is 2. The molecule has 1 fully saturated rings. The Bertz CT molecular complexity index is 133. The molecule has 0 saturated carbocycles. The summed E-state index contributed by atoms with van der Waals surface area (Å²) in [6.07, 6.45) is 2.85. The highest BCUT2D eigenvalue weighted by Crippen LogP contribution is 2.32. The summed E-state index contributed by atoms with van der Waals surface area (Å²) in [7, 11) is 0. The zero-order valence-corrected chi connectivity index (χ0v) is 6.59. The van der Waals surface area contributed by atoms with Gasteiger partial charge in [-0.2, -0.15) is 0 Å². The first kappa shape index (κ1) is 7.73. The molecule has 0 N–H and O–H groups in total. The van der Waals surface area contributed by atoms with Crippen LogP contribution >= 0.6 is 0 Å². The molecule has 10 heavy (non-hydrogen) atoms. The van der Waals surface area contributed by atoms with Crippen molar-refractivity contribution in [2.24, 2.45) is 5.92 Å². The zero-order chi connectivity index (χ0) is 7.61. The zero-order valence-electron chi connectivity index (χ0n) is 6.59. The Morgan fingerprint density at radius 2 is 2.50 bits per heavy atom. The smallest absolute Gasteiger partial charge is 0.126 e. The van der Waals surface area contributed by atoms with Crippen LogP contribution in [-0.2, 0) is 9.53 Å². The fourth-order valence-corrected chi connectivity index (χ4v) is 1.41. The van der Waals surface area contributed by atoms with Gasteiger partial charge in [-0.3, -0.25) is 0 Å². The number of carbonyl (C=O) groups excluding carboxylic acids is 1. The molecule has 1 aliphatic heterocycles.